The molecule has 2 aromatic rings. The molecule has 0 aliphatic carbocycles. The van der Waals surface area contributed by atoms with E-state index in [9.17, 15) is 0 Å². The Hall–Kier alpha value is -1.62. The zero-order chi connectivity index (χ0) is 12.3. The fourth-order valence-corrected chi connectivity index (χ4v) is 1.97. The molecule has 1 aromatic heterocycles. The number of rotatable bonds is 3. The van der Waals surface area contributed by atoms with Gasteiger partial charge < -0.3 is 9.47 Å². The number of halogens is 1. The van der Waals surface area contributed by atoms with E-state index in [-0.39, 0.29) is 0 Å². The third-order valence-corrected chi connectivity index (χ3v) is 2.88. The van der Waals surface area contributed by atoms with Crippen LogP contribution in [0.1, 0.15) is 0 Å². The average molecular weight is 295 g/mol. The summed E-state index contributed by atoms with van der Waals surface area (Å²) in [6.45, 7) is 0. The molecule has 0 atom stereocenters. The first-order valence-electron chi connectivity index (χ1n) is 4.95. The maximum atomic E-state index is 5.18. The van der Waals surface area contributed by atoms with Crippen LogP contribution in [0.2, 0.25) is 0 Å². The van der Waals surface area contributed by atoms with Gasteiger partial charge in [0.25, 0.3) is 0 Å². The van der Waals surface area contributed by atoms with Crippen LogP contribution in [0.3, 0.4) is 0 Å². The van der Waals surface area contributed by atoms with Crippen LogP contribution in [-0.4, -0.2) is 24.2 Å². The molecule has 0 unspecified atom stereocenters. The summed E-state index contributed by atoms with van der Waals surface area (Å²) in [4.78, 5) is 8.23. The molecular formula is C12H11BrN2O2. The fraction of sp³-hybridized carbons (Fsp3) is 0.167. The number of nitrogens with zero attached hydrogens (tertiary/aromatic N) is 2. The molecule has 0 radical (unpaired) electrons. The Bertz CT molecular complexity index is 532. The quantitative estimate of drug-likeness (QED) is 0.873. The molecule has 0 saturated carbocycles. The number of benzene rings is 1. The first-order chi connectivity index (χ1) is 8.24. The van der Waals surface area contributed by atoms with E-state index in [4.69, 9.17) is 9.47 Å². The van der Waals surface area contributed by atoms with Crippen LogP contribution in [0.15, 0.2) is 34.9 Å². The highest BCUT2D eigenvalue weighted by atomic mass is 79.9. The molecular weight excluding hydrogens is 284 g/mol. The minimum atomic E-state index is 0.356. The van der Waals surface area contributed by atoms with Crippen molar-refractivity contribution in [3.8, 4) is 23.0 Å². The Labute approximate surface area is 108 Å². The lowest BCUT2D eigenvalue weighted by Gasteiger charge is -2.06. The molecule has 0 aliphatic heterocycles. The van der Waals surface area contributed by atoms with Gasteiger partial charge in [0, 0.05) is 11.8 Å². The van der Waals surface area contributed by atoms with Crippen molar-refractivity contribution in [3.05, 3.63) is 34.9 Å². The SMILES string of the molecule is COc1nccc(-c2ccc(OC)c(Br)c2)n1. The van der Waals surface area contributed by atoms with Crippen molar-refractivity contribution in [1.29, 1.82) is 0 Å². The van der Waals surface area contributed by atoms with Crippen molar-refractivity contribution < 1.29 is 9.47 Å². The Morgan fingerprint density at radius 3 is 2.59 bits per heavy atom. The van der Waals surface area contributed by atoms with E-state index in [2.05, 4.69) is 25.9 Å². The van der Waals surface area contributed by atoms with Crippen LogP contribution >= 0.6 is 15.9 Å². The molecule has 2 rings (SSSR count). The third kappa shape index (κ3) is 2.55. The van der Waals surface area contributed by atoms with Gasteiger partial charge in [-0.25, -0.2) is 4.98 Å². The molecule has 0 bridgehead atoms. The minimum absolute atomic E-state index is 0.356. The number of ether oxygens (including phenoxy) is 2. The summed E-state index contributed by atoms with van der Waals surface area (Å²) in [5.41, 5.74) is 1.78. The van der Waals surface area contributed by atoms with Crippen molar-refractivity contribution in [2.75, 3.05) is 14.2 Å². The van der Waals surface area contributed by atoms with E-state index < -0.39 is 0 Å². The van der Waals surface area contributed by atoms with Gasteiger partial charge in [0.2, 0.25) is 0 Å². The zero-order valence-electron chi connectivity index (χ0n) is 9.48. The first kappa shape index (κ1) is 11.9. The van der Waals surface area contributed by atoms with Gasteiger partial charge in [-0.15, -0.1) is 0 Å². The summed E-state index contributed by atoms with van der Waals surface area (Å²) in [5.74, 6) is 0.787. The predicted molar refractivity (Wildman–Crippen MR) is 68.3 cm³/mol. The molecule has 5 heteroatoms. The molecule has 0 fully saturated rings. The lowest BCUT2D eigenvalue weighted by molar-refractivity contribution is 0.380. The van der Waals surface area contributed by atoms with Crippen molar-refractivity contribution in [1.82, 2.24) is 9.97 Å². The maximum absolute atomic E-state index is 5.18. The molecule has 0 spiro atoms. The van der Waals surface area contributed by atoms with Crippen LogP contribution in [-0.2, 0) is 0 Å². The minimum Gasteiger partial charge on any atom is -0.496 e. The van der Waals surface area contributed by atoms with Gasteiger partial charge >= 0.3 is 6.01 Å². The van der Waals surface area contributed by atoms with Crippen LogP contribution in [0.25, 0.3) is 11.3 Å². The van der Waals surface area contributed by atoms with E-state index in [1.807, 2.05) is 24.3 Å². The molecule has 1 aromatic carbocycles. The molecule has 0 N–H and O–H groups in total. The fourth-order valence-electron chi connectivity index (χ4n) is 1.43. The van der Waals surface area contributed by atoms with Crippen molar-refractivity contribution >= 4 is 15.9 Å². The second-order valence-corrected chi connectivity index (χ2v) is 4.13. The highest BCUT2D eigenvalue weighted by Crippen LogP contribution is 2.29. The number of hydrogen-bond acceptors (Lipinski definition) is 4. The summed E-state index contributed by atoms with van der Waals surface area (Å²) >= 11 is 3.44. The molecule has 17 heavy (non-hydrogen) atoms. The van der Waals surface area contributed by atoms with Gasteiger partial charge in [0.05, 0.1) is 24.4 Å². The van der Waals surface area contributed by atoms with E-state index in [1.165, 1.54) is 0 Å². The monoisotopic (exact) mass is 294 g/mol. The topological polar surface area (TPSA) is 44.2 Å². The second-order valence-electron chi connectivity index (χ2n) is 3.28. The highest BCUT2D eigenvalue weighted by Gasteiger charge is 2.05. The van der Waals surface area contributed by atoms with Gasteiger partial charge in [-0.1, -0.05) is 0 Å². The maximum Gasteiger partial charge on any atom is 0.316 e. The lowest BCUT2D eigenvalue weighted by atomic mass is 10.1. The summed E-state index contributed by atoms with van der Waals surface area (Å²) < 4.78 is 11.1. The van der Waals surface area contributed by atoms with Gasteiger partial charge in [-0.3, -0.25) is 0 Å². The molecule has 4 nitrogen and oxygen atoms in total. The Kier molecular flexibility index (Phi) is 3.58. The van der Waals surface area contributed by atoms with Crippen LogP contribution < -0.4 is 9.47 Å². The normalized spacial score (nSPS) is 10.1. The van der Waals surface area contributed by atoms with E-state index >= 15 is 0 Å². The number of hydrogen-bond donors (Lipinski definition) is 0. The van der Waals surface area contributed by atoms with E-state index in [0.717, 1.165) is 21.5 Å². The summed E-state index contributed by atoms with van der Waals surface area (Å²) in [6.07, 6.45) is 1.67. The lowest BCUT2D eigenvalue weighted by Crippen LogP contribution is -1.93. The highest BCUT2D eigenvalue weighted by molar-refractivity contribution is 9.10. The van der Waals surface area contributed by atoms with Crippen LogP contribution in [0.5, 0.6) is 11.8 Å². The first-order valence-corrected chi connectivity index (χ1v) is 5.75. The van der Waals surface area contributed by atoms with Crippen LogP contribution in [0, 0.1) is 0 Å². The number of methoxy groups -OCH3 is 2. The number of aromatic nitrogens is 2. The van der Waals surface area contributed by atoms with Crippen molar-refractivity contribution in [2.24, 2.45) is 0 Å². The standard InChI is InChI=1S/C12H11BrN2O2/c1-16-11-4-3-8(7-9(11)13)10-5-6-14-12(15-10)17-2/h3-7H,1-2H3. The Morgan fingerprint density at radius 2 is 1.94 bits per heavy atom. The Balaban J connectivity index is 2.42. The van der Waals surface area contributed by atoms with Gasteiger partial charge in [0.15, 0.2) is 0 Å². The predicted octanol–water partition coefficient (Wildman–Crippen LogP) is 2.92. The molecule has 0 saturated heterocycles. The van der Waals surface area contributed by atoms with E-state index in [0.29, 0.717) is 6.01 Å². The van der Waals surface area contributed by atoms with Crippen molar-refractivity contribution in [2.45, 2.75) is 0 Å². The zero-order valence-corrected chi connectivity index (χ0v) is 11.1. The molecule has 1 heterocycles. The average Bonchev–Trinajstić information content (AvgIpc) is 2.38. The van der Waals surface area contributed by atoms with Crippen molar-refractivity contribution in [3.63, 3.8) is 0 Å². The Morgan fingerprint density at radius 1 is 1.12 bits per heavy atom. The second kappa shape index (κ2) is 5.14. The van der Waals surface area contributed by atoms with E-state index in [1.54, 1.807) is 20.4 Å². The largest absolute Gasteiger partial charge is 0.496 e. The summed E-state index contributed by atoms with van der Waals surface area (Å²) in [6, 6.07) is 7.95. The van der Waals surface area contributed by atoms with Gasteiger partial charge in [-0.05, 0) is 40.2 Å². The summed E-state index contributed by atoms with van der Waals surface area (Å²) in [7, 11) is 3.18. The van der Waals surface area contributed by atoms with Gasteiger partial charge in [-0.2, -0.15) is 4.98 Å². The third-order valence-electron chi connectivity index (χ3n) is 2.26. The smallest absolute Gasteiger partial charge is 0.316 e. The van der Waals surface area contributed by atoms with Gasteiger partial charge in [0.1, 0.15) is 5.75 Å². The molecule has 0 amide bonds. The summed E-state index contributed by atoms with van der Waals surface area (Å²) in [5, 5.41) is 0. The molecule has 0 aliphatic rings. The molecule has 88 valence electrons. The van der Waals surface area contributed by atoms with Crippen LogP contribution in [0.4, 0.5) is 0 Å².